The molecule has 0 N–H and O–H groups in total. The van der Waals surface area contributed by atoms with Gasteiger partial charge in [0.25, 0.3) is 0 Å². The highest BCUT2D eigenvalue weighted by molar-refractivity contribution is 7.60. The van der Waals surface area contributed by atoms with E-state index in [0.29, 0.717) is 0 Å². The number of carbonyl (C=O) groups is 3. The van der Waals surface area contributed by atoms with Gasteiger partial charge < -0.3 is 18.7 Å². The first-order chi connectivity index (χ1) is 11.8. The molecule has 0 heterocycles. The molecule has 25 heavy (non-hydrogen) atoms. The summed E-state index contributed by atoms with van der Waals surface area (Å²) in [5.41, 5.74) is 0. The Morgan fingerprint density at radius 3 is 1.92 bits per heavy atom. The highest BCUT2D eigenvalue weighted by Gasteiger charge is 2.35. The summed E-state index contributed by atoms with van der Waals surface area (Å²) in [5.74, 6) is -2.49. The molecule has 0 rings (SSSR count). The van der Waals surface area contributed by atoms with Gasteiger partial charge >= 0.3 is 17.9 Å². The van der Waals surface area contributed by atoms with E-state index in [1.165, 1.54) is 0 Å². The lowest BCUT2D eigenvalue weighted by Gasteiger charge is -2.22. The molecule has 0 saturated heterocycles. The molecular formula is C16H29O8P. The Morgan fingerprint density at radius 1 is 0.840 bits per heavy atom. The topological polar surface area (TPSA) is 105 Å². The third-order valence-electron chi connectivity index (χ3n) is 3.16. The molecule has 0 aliphatic carbocycles. The van der Waals surface area contributed by atoms with Gasteiger partial charge in [0.15, 0.2) is 0 Å². The van der Waals surface area contributed by atoms with Gasteiger partial charge in [0.1, 0.15) is 6.16 Å². The van der Waals surface area contributed by atoms with Crippen LogP contribution in [0.2, 0.25) is 0 Å². The molecule has 0 spiro atoms. The first-order valence-electron chi connectivity index (χ1n) is 8.52. The molecule has 8 nitrogen and oxygen atoms in total. The smallest absolute Gasteiger partial charge is 0.315 e. The normalized spacial score (nSPS) is 14.2. The van der Waals surface area contributed by atoms with Gasteiger partial charge in [-0.3, -0.25) is 18.9 Å². The van der Waals surface area contributed by atoms with Gasteiger partial charge in [0, 0.05) is 12.6 Å². The zero-order valence-corrected chi connectivity index (χ0v) is 16.3. The maximum atomic E-state index is 12.9. The average molecular weight is 380 g/mol. The molecule has 0 radical (unpaired) electrons. The van der Waals surface area contributed by atoms with Gasteiger partial charge in [-0.25, -0.2) is 0 Å². The Hall–Kier alpha value is -1.40. The van der Waals surface area contributed by atoms with Crippen LogP contribution in [0, 0.1) is 5.92 Å². The van der Waals surface area contributed by atoms with Crippen LogP contribution in [0.15, 0.2) is 0 Å². The van der Waals surface area contributed by atoms with Crippen molar-refractivity contribution >= 4 is 25.3 Å². The molecule has 9 heteroatoms. The minimum atomic E-state index is -3.44. The van der Waals surface area contributed by atoms with Gasteiger partial charge in [-0.2, -0.15) is 0 Å². The van der Waals surface area contributed by atoms with Crippen molar-refractivity contribution in [2.24, 2.45) is 5.92 Å². The molecular weight excluding hydrogens is 351 g/mol. The minimum Gasteiger partial charge on any atom is -0.466 e. The van der Waals surface area contributed by atoms with Crippen LogP contribution in [-0.4, -0.2) is 56.7 Å². The number of carbonyl (C=O) groups excluding carboxylic acids is 3. The van der Waals surface area contributed by atoms with Gasteiger partial charge in [0.05, 0.1) is 32.3 Å². The lowest BCUT2D eigenvalue weighted by Crippen LogP contribution is -2.25. The molecule has 0 aromatic heterocycles. The Bertz CT molecular complexity index is 477. The second-order valence-electron chi connectivity index (χ2n) is 5.17. The Balaban J connectivity index is 5.10. The third kappa shape index (κ3) is 10.2. The molecule has 0 aliphatic heterocycles. The molecule has 2 atom stereocenters. The predicted molar refractivity (Wildman–Crippen MR) is 91.6 cm³/mol. The molecule has 0 aromatic carbocycles. The highest BCUT2D eigenvalue weighted by Crippen LogP contribution is 2.49. The van der Waals surface area contributed by atoms with Crippen LogP contribution in [0.3, 0.4) is 0 Å². The number of rotatable bonds is 13. The molecule has 0 amide bonds. The molecule has 0 saturated carbocycles. The monoisotopic (exact) mass is 380 g/mol. The largest absolute Gasteiger partial charge is 0.466 e. The van der Waals surface area contributed by atoms with E-state index in [1.54, 1.807) is 27.7 Å². The summed E-state index contributed by atoms with van der Waals surface area (Å²) in [4.78, 5) is 35.4. The molecule has 0 fully saturated rings. The number of ether oxygens (including phenoxy) is 3. The summed E-state index contributed by atoms with van der Waals surface area (Å²) in [6, 6.07) is 0. The van der Waals surface area contributed by atoms with Crippen molar-refractivity contribution < 1.29 is 37.7 Å². The fourth-order valence-electron chi connectivity index (χ4n) is 2.21. The maximum Gasteiger partial charge on any atom is 0.315 e. The molecule has 0 aliphatic rings. The van der Waals surface area contributed by atoms with E-state index >= 15 is 0 Å². The van der Waals surface area contributed by atoms with Crippen LogP contribution < -0.4 is 0 Å². The third-order valence-corrected chi connectivity index (χ3v) is 5.63. The summed E-state index contributed by atoms with van der Waals surface area (Å²) >= 11 is 0. The van der Waals surface area contributed by atoms with Crippen molar-refractivity contribution in [3.63, 3.8) is 0 Å². The van der Waals surface area contributed by atoms with Crippen LogP contribution in [0.4, 0.5) is 0 Å². The second kappa shape index (κ2) is 12.9. The van der Waals surface area contributed by atoms with Gasteiger partial charge in [-0.1, -0.05) is 0 Å². The van der Waals surface area contributed by atoms with Gasteiger partial charge in [-0.15, -0.1) is 0 Å². The fraction of sp³-hybridized carbons (Fsp3) is 0.812. The van der Waals surface area contributed by atoms with E-state index < -0.39 is 37.4 Å². The van der Waals surface area contributed by atoms with E-state index in [9.17, 15) is 18.9 Å². The predicted octanol–water partition coefficient (Wildman–Crippen LogP) is 2.39. The number of esters is 3. The van der Waals surface area contributed by atoms with E-state index in [2.05, 4.69) is 0 Å². The first kappa shape index (κ1) is 23.6. The summed E-state index contributed by atoms with van der Waals surface area (Å²) in [6.07, 6.45) is -0.498. The van der Waals surface area contributed by atoms with E-state index in [-0.39, 0.29) is 45.4 Å². The Morgan fingerprint density at radius 2 is 1.40 bits per heavy atom. The molecule has 0 aromatic rings. The van der Waals surface area contributed by atoms with Crippen LogP contribution in [-0.2, 0) is 37.7 Å². The van der Waals surface area contributed by atoms with Crippen LogP contribution >= 0.6 is 7.37 Å². The molecule has 2 unspecified atom stereocenters. The molecule has 146 valence electrons. The zero-order valence-electron chi connectivity index (χ0n) is 15.4. The van der Waals surface area contributed by atoms with Crippen molar-refractivity contribution in [2.75, 3.05) is 38.8 Å². The minimum absolute atomic E-state index is 0.0111. The summed E-state index contributed by atoms with van der Waals surface area (Å²) in [5, 5.41) is 0. The lowest BCUT2D eigenvalue weighted by atomic mass is 10.1. The SMILES string of the molecule is CCOC(=O)CCC(CP(=O)(CC(=O)OCC)OCC)C(=O)OCC. The van der Waals surface area contributed by atoms with Gasteiger partial charge in [0.2, 0.25) is 7.37 Å². The van der Waals surface area contributed by atoms with Crippen molar-refractivity contribution in [1.82, 2.24) is 0 Å². The van der Waals surface area contributed by atoms with Crippen LogP contribution in [0.1, 0.15) is 40.5 Å². The van der Waals surface area contributed by atoms with Crippen molar-refractivity contribution in [3.8, 4) is 0 Å². The van der Waals surface area contributed by atoms with Crippen LogP contribution in [0.25, 0.3) is 0 Å². The average Bonchev–Trinajstić information content (AvgIpc) is 2.52. The van der Waals surface area contributed by atoms with E-state index in [0.717, 1.165) is 0 Å². The fourth-order valence-corrected chi connectivity index (χ4v) is 4.49. The van der Waals surface area contributed by atoms with Gasteiger partial charge in [-0.05, 0) is 34.1 Å². The second-order valence-corrected chi connectivity index (χ2v) is 7.74. The van der Waals surface area contributed by atoms with E-state index in [4.69, 9.17) is 18.7 Å². The summed E-state index contributed by atoms with van der Waals surface area (Å²) < 4.78 is 32.9. The van der Waals surface area contributed by atoms with Crippen molar-refractivity contribution in [1.29, 1.82) is 0 Å². The lowest BCUT2D eigenvalue weighted by molar-refractivity contribution is -0.149. The Kier molecular flexibility index (Phi) is 12.2. The van der Waals surface area contributed by atoms with Crippen molar-refractivity contribution in [3.05, 3.63) is 0 Å². The van der Waals surface area contributed by atoms with Crippen molar-refractivity contribution in [2.45, 2.75) is 40.5 Å². The highest BCUT2D eigenvalue weighted by atomic mass is 31.2. The number of hydrogen-bond acceptors (Lipinski definition) is 8. The quantitative estimate of drug-likeness (QED) is 0.272. The first-order valence-corrected chi connectivity index (χ1v) is 10.5. The summed E-state index contributed by atoms with van der Waals surface area (Å²) in [7, 11) is -3.44. The van der Waals surface area contributed by atoms with E-state index in [1.807, 2.05) is 0 Å². The number of hydrogen-bond donors (Lipinski definition) is 0. The Labute approximate surface area is 149 Å². The standard InChI is InChI=1S/C16H29O8P/c1-5-21-14(17)10-9-13(16(19)23-7-3)11-25(20,24-8-4)12-15(18)22-6-2/h13H,5-12H2,1-4H3. The molecule has 0 bridgehead atoms. The zero-order chi connectivity index (χ0) is 19.3. The summed E-state index contributed by atoms with van der Waals surface area (Å²) in [6.45, 7) is 7.32. The van der Waals surface area contributed by atoms with Crippen LogP contribution in [0.5, 0.6) is 0 Å². The maximum absolute atomic E-state index is 12.9.